The van der Waals surface area contributed by atoms with Crippen molar-refractivity contribution in [1.29, 1.82) is 0 Å². The van der Waals surface area contributed by atoms with Crippen LogP contribution in [0.5, 0.6) is 5.75 Å². The van der Waals surface area contributed by atoms with E-state index < -0.39 is 0 Å². The van der Waals surface area contributed by atoms with E-state index in [2.05, 4.69) is 32.6 Å². The molecule has 4 rings (SSSR count). The molecule has 0 spiro atoms. The maximum Gasteiger partial charge on any atom is 0.291 e. The van der Waals surface area contributed by atoms with Gasteiger partial charge in [-0.2, -0.15) is 9.50 Å². The number of rotatable bonds is 5. The van der Waals surface area contributed by atoms with Crippen LogP contribution >= 0.6 is 27.3 Å². The van der Waals surface area contributed by atoms with E-state index in [9.17, 15) is 4.79 Å². The Labute approximate surface area is 167 Å². The fourth-order valence-corrected chi connectivity index (χ4v) is 3.69. The Balaban J connectivity index is 1.67. The van der Waals surface area contributed by atoms with Gasteiger partial charge in [0.2, 0.25) is 4.96 Å². The van der Waals surface area contributed by atoms with Crippen molar-refractivity contribution in [1.82, 2.24) is 14.6 Å². The minimum atomic E-state index is -0.164. The quantitative estimate of drug-likeness (QED) is 0.445. The molecule has 0 fully saturated rings. The minimum absolute atomic E-state index is 0.164. The molecule has 2 aromatic heterocycles. The highest BCUT2D eigenvalue weighted by atomic mass is 79.9. The van der Waals surface area contributed by atoms with E-state index in [0.717, 1.165) is 21.3 Å². The van der Waals surface area contributed by atoms with Crippen molar-refractivity contribution < 1.29 is 4.74 Å². The number of hydrogen-bond acceptors (Lipinski definition) is 5. The van der Waals surface area contributed by atoms with Crippen LogP contribution in [0.25, 0.3) is 22.4 Å². The van der Waals surface area contributed by atoms with Gasteiger partial charge in [-0.05, 0) is 48.0 Å². The van der Waals surface area contributed by atoms with Gasteiger partial charge in [0.25, 0.3) is 5.56 Å². The molecule has 2 heterocycles. The zero-order valence-corrected chi connectivity index (χ0v) is 16.5. The van der Waals surface area contributed by atoms with Gasteiger partial charge < -0.3 is 4.74 Å². The summed E-state index contributed by atoms with van der Waals surface area (Å²) in [6, 6.07) is 15.2. The van der Waals surface area contributed by atoms with Crippen molar-refractivity contribution >= 4 is 38.3 Å². The van der Waals surface area contributed by atoms with Crippen LogP contribution in [0.4, 0.5) is 0 Å². The molecular weight excluding hydrogens is 426 g/mol. The van der Waals surface area contributed by atoms with Gasteiger partial charge in [0, 0.05) is 10.0 Å². The summed E-state index contributed by atoms with van der Waals surface area (Å²) in [7, 11) is 0. The highest BCUT2D eigenvalue weighted by Gasteiger charge is 2.12. The van der Waals surface area contributed by atoms with E-state index in [1.807, 2.05) is 54.6 Å². The Hall–Kier alpha value is -2.77. The fraction of sp³-hybridized carbons (Fsp3) is 0.0500. The number of halogens is 1. The number of thiazole rings is 1. The van der Waals surface area contributed by atoms with Crippen molar-refractivity contribution in [3.05, 3.63) is 86.1 Å². The predicted molar refractivity (Wildman–Crippen MR) is 111 cm³/mol. The maximum atomic E-state index is 12.6. The lowest BCUT2D eigenvalue weighted by atomic mass is 10.2. The predicted octanol–water partition coefficient (Wildman–Crippen LogP) is 3.69. The Morgan fingerprint density at radius 2 is 1.89 bits per heavy atom. The van der Waals surface area contributed by atoms with E-state index in [1.54, 1.807) is 6.08 Å². The van der Waals surface area contributed by atoms with E-state index >= 15 is 0 Å². The number of fused-ring (bicyclic) bond motifs is 1. The minimum Gasteiger partial charge on any atom is -0.490 e. The van der Waals surface area contributed by atoms with Gasteiger partial charge in [-0.1, -0.05) is 52.1 Å². The molecule has 0 amide bonds. The topological polar surface area (TPSA) is 56.5 Å². The summed E-state index contributed by atoms with van der Waals surface area (Å²) in [5.41, 5.74) is 1.62. The number of nitrogens with zero attached hydrogens (tertiary/aromatic N) is 3. The number of hydrogen-bond donors (Lipinski definition) is 0. The average Bonchev–Trinajstić information content (AvgIpc) is 3.22. The van der Waals surface area contributed by atoms with E-state index in [1.165, 1.54) is 15.9 Å². The summed E-state index contributed by atoms with van der Waals surface area (Å²) >= 11 is 4.73. The number of benzene rings is 2. The monoisotopic (exact) mass is 439 g/mol. The van der Waals surface area contributed by atoms with Crippen molar-refractivity contribution in [3.8, 4) is 17.1 Å². The van der Waals surface area contributed by atoms with Gasteiger partial charge >= 0.3 is 0 Å². The van der Waals surface area contributed by atoms with Gasteiger partial charge in [0.15, 0.2) is 5.82 Å². The van der Waals surface area contributed by atoms with Gasteiger partial charge in [-0.25, -0.2) is 0 Å². The van der Waals surface area contributed by atoms with Crippen LogP contribution in [0.1, 0.15) is 5.56 Å². The first kappa shape index (κ1) is 17.6. The summed E-state index contributed by atoms with van der Waals surface area (Å²) in [5.74, 6) is 1.26. The zero-order valence-electron chi connectivity index (χ0n) is 14.1. The van der Waals surface area contributed by atoms with Gasteiger partial charge in [0.1, 0.15) is 12.4 Å². The molecule has 27 heavy (non-hydrogen) atoms. The second-order valence-corrected chi connectivity index (χ2v) is 7.65. The molecule has 0 N–H and O–H groups in total. The van der Waals surface area contributed by atoms with E-state index in [0.29, 0.717) is 21.9 Å². The normalized spacial score (nSPS) is 11.8. The average molecular weight is 440 g/mol. The van der Waals surface area contributed by atoms with Gasteiger partial charge in [-0.15, -0.1) is 5.10 Å². The molecule has 134 valence electrons. The molecule has 2 aromatic carbocycles. The summed E-state index contributed by atoms with van der Waals surface area (Å²) in [4.78, 5) is 17.7. The number of aromatic nitrogens is 3. The van der Waals surface area contributed by atoms with Crippen LogP contribution in [-0.4, -0.2) is 21.2 Å². The van der Waals surface area contributed by atoms with Crippen molar-refractivity contribution in [3.63, 3.8) is 0 Å². The third-order valence-corrected chi connectivity index (χ3v) is 5.32. The fourth-order valence-electron chi connectivity index (χ4n) is 2.52. The third-order valence-electron chi connectivity index (χ3n) is 3.83. The zero-order chi connectivity index (χ0) is 18.8. The van der Waals surface area contributed by atoms with Crippen molar-refractivity contribution in [2.45, 2.75) is 0 Å². The maximum absolute atomic E-state index is 12.6. The summed E-state index contributed by atoms with van der Waals surface area (Å²) in [6.45, 7) is 4.08. The SMILES string of the molecule is C=CCOc1ccc(-c2nc3sc(=Cc4ccc(Br)cc4)c(=O)n3n2)cc1. The molecule has 0 aliphatic heterocycles. The molecule has 0 saturated heterocycles. The largest absolute Gasteiger partial charge is 0.490 e. The molecular formula is C20H14BrN3O2S. The smallest absolute Gasteiger partial charge is 0.291 e. The second-order valence-electron chi connectivity index (χ2n) is 5.72. The lowest BCUT2D eigenvalue weighted by Gasteiger charge is -2.02. The standard InChI is InChI=1S/C20H14BrN3O2S/c1-2-11-26-16-9-5-14(6-10-16)18-22-20-24(23-18)19(25)17(27-20)12-13-3-7-15(21)8-4-13/h2-10,12H,1,11H2. The molecule has 7 heteroatoms. The Morgan fingerprint density at radius 1 is 1.15 bits per heavy atom. The molecule has 5 nitrogen and oxygen atoms in total. The molecule has 0 saturated carbocycles. The molecule has 4 aromatic rings. The van der Waals surface area contributed by atoms with E-state index in [-0.39, 0.29) is 5.56 Å². The molecule has 0 aliphatic rings. The summed E-state index contributed by atoms with van der Waals surface area (Å²) < 4.78 is 8.42. The first-order valence-electron chi connectivity index (χ1n) is 8.15. The lowest BCUT2D eigenvalue weighted by molar-refractivity contribution is 0.363. The number of ether oxygens (including phenoxy) is 1. The van der Waals surface area contributed by atoms with Crippen molar-refractivity contribution in [2.24, 2.45) is 0 Å². The molecule has 0 unspecified atom stereocenters. The first-order valence-corrected chi connectivity index (χ1v) is 9.76. The van der Waals surface area contributed by atoms with Crippen LogP contribution < -0.4 is 14.8 Å². The van der Waals surface area contributed by atoms with Crippen LogP contribution in [0.15, 0.2) is 70.5 Å². The Kier molecular flexibility index (Phi) is 4.87. The third kappa shape index (κ3) is 3.70. The van der Waals surface area contributed by atoms with E-state index in [4.69, 9.17) is 4.74 Å². The highest BCUT2D eigenvalue weighted by Crippen LogP contribution is 2.20. The van der Waals surface area contributed by atoms with Crippen molar-refractivity contribution in [2.75, 3.05) is 6.61 Å². The molecule has 0 bridgehead atoms. The Morgan fingerprint density at radius 3 is 2.56 bits per heavy atom. The van der Waals surface area contributed by atoms with Crippen LogP contribution in [0.2, 0.25) is 0 Å². The lowest BCUT2D eigenvalue weighted by Crippen LogP contribution is -2.23. The first-order chi connectivity index (χ1) is 13.1. The highest BCUT2D eigenvalue weighted by molar-refractivity contribution is 9.10. The molecule has 0 atom stereocenters. The Bertz CT molecular complexity index is 1210. The van der Waals surface area contributed by atoms with Gasteiger partial charge in [-0.3, -0.25) is 4.79 Å². The van der Waals surface area contributed by atoms with Crippen LogP contribution in [-0.2, 0) is 0 Å². The van der Waals surface area contributed by atoms with Gasteiger partial charge in [0.05, 0.1) is 4.53 Å². The molecule has 0 aliphatic carbocycles. The van der Waals surface area contributed by atoms with Crippen LogP contribution in [0, 0.1) is 0 Å². The van der Waals surface area contributed by atoms with Crippen LogP contribution in [0.3, 0.4) is 0 Å². The second kappa shape index (κ2) is 7.46. The summed E-state index contributed by atoms with van der Waals surface area (Å²) in [6.07, 6.45) is 3.54. The summed E-state index contributed by atoms with van der Waals surface area (Å²) in [5, 5.41) is 4.37. The molecule has 0 radical (unpaired) electrons.